The van der Waals surface area contributed by atoms with Crippen LogP contribution in [-0.2, 0) is 0 Å². The van der Waals surface area contributed by atoms with E-state index in [0.29, 0.717) is 21.3 Å². The number of hydrazine groups is 1. The van der Waals surface area contributed by atoms with Gasteiger partial charge in [0.2, 0.25) is 0 Å². The summed E-state index contributed by atoms with van der Waals surface area (Å²) in [5.41, 5.74) is 6.73. The number of aromatic nitrogens is 1. The number of para-hydroxylation sites is 2. The lowest BCUT2D eigenvalue weighted by atomic mass is 10.0. The van der Waals surface area contributed by atoms with Crippen LogP contribution < -0.4 is 10.7 Å². The first-order valence-corrected chi connectivity index (χ1v) is 10.1. The van der Waals surface area contributed by atoms with Crippen LogP contribution in [0.1, 0.15) is 22.1 Å². The summed E-state index contributed by atoms with van der Waals surface area (Å²) in [5, 5.41) is 6.85. The van der Waals surface area contributed by atoms with Crippen molar-refractivity contribution in [2.24, 2.45) is 0 Å². The second-order valence-electron chi connectivity index (χ2n) is 6.95. The van der Waals surface area contributed by atoms with Crippen LogP contribution in [0.4, 0.5) is 11.4 Å². The normalized spacial score (nSPS) is 15.6. The summed E-state index contributed by atoms with van der Waals surface area (Å²) in [6, 6.07) is 24.2. The van der Waals surface area contributed by atoms with Crippen molar-refractivity contribution in [3.8, 4) is 0 Å². The molecule has 1 amide bonds. The first-order chi connectivity index (χ1) is 14.6. The molecule has 1 atom stereocenters. The average molecular weight is 435 g/mol. The van der Waals surface area contributed by atoms with Gasteiger partial charge in [0.1, 0.15) is 5.15 Å². The van der Waals surface area contributed by atoms with Crippen LogP contribution in [0.3, 0.4) is 0 Å². The van der Waals surface area contributed by atoms with Crippen LogP contribution in [-0.4, -0.2) is 15.9 Å². The van der Waals surface area contributed by atoms with Gasteiger partial charge in [-0.25, -0.2) is 9.99 Å². The van der Waals surface area contributed by atoms with Gasteiger partial charge in [-0.1, -0.05) is 53.5 Å². The number of halogens is 2. The number of benzene rings is 3. The van der Waals surface area contributed by atoms with Crippen molar-refractivity contribution in [3.05, 3.63) is 100 Å². The van der Waals surface area contributed by atoms with Gasteiger partial charge in [-0.15, -0.1) is 0 Å². The van der Waals surface area contributed by atoms with E-state index in [4.69, 9.17) is 23.2 Å². The van der Waals surface area contributed by atoms with Gasteiger partial charge in [-0.2, -0.15) is 0 Å². The van der Waals surface area contributed by atoms with E-state index in [2.05, 4.69) is 15.7 Å². The fourth-order valence-electron chi connectivity index (χ4n) is 3.55. The fourth-order valence-corrected chi connectivity index (χ4v) is 3.93. The maximum Gasteiger partial charge on any atom is 0.276 e. The van der Waals surface area contributed by atoms with Crippen LogP contribution in [0.15, 0.2) is 78.9 Å². The molecule has 148 valence electrons. The van der Waals surface area contributed by atoms with E-state index in [-0.39, 0.29) is 5.91 Å². The summed E-state index contributed by atoms with van der Waals surface area (Å²) in [6.45, 7) is 0. The molecule has 0 saturated carbocycles. The zero-order chi connectivity index (χ0) is 20.7. The van der Waals surface area contributed by atoms with Crippen LogP contribution >= 0.6 is 23.2 Å². The predicted octanol–water partition coefficient (Wildman–Crippen LogP) is 6.14. The number of hydrogen-bond acceptors (Lipinski definition) is 4. The standard InChI is InChI=1S/C23H16Cl2N4O/c24-15-9-11-16(12-10-15)28-29-22(27-20-8-4-2-6-17(20)23(29)30)18-13-14-5-1-3-7-19(14)26-21(18)25/h1-13,22,27-28H. The molecule has 5 nitrogen and oxygen atoms in total. The molecule has 2 N–H and O–H groups in total. The van der Waals surface area contributed by atoms with Gasteiger partial charge >= 0.3 is 0 Å². The number of carbonyl (C=O) groups excluding carboxylic acids is 1. The summed E-state index contributed by atoms with van der Waals surface area (Å²) in [7, 11) is 0. The molecule has 5 rings (SSSR count). The maximum absolute atomic E-state index is 13.4. The number of amides is 1. The smallest absolute Gasteiger partial charge is 0.276 e. The summed E-state index contributed by atoms with van der Waals surface area (Å²) >= 11 is 12.6. The molecule has 0 saturated heterocycles. The second kappa shape index (κ2) is 7.52. The average Bonchev–Trinajstić information content (AvgIpc) is 2.76. The minimum atomic E-state index is -0.562. The van der Waals surface area contributed by atoms with Gasteiger partial charge in [-0.3, -0.25) is 10.2 Å². The maximum atomic E-state index is 13.4. The molecule has 1 aliphatic heterocycles. The number of pyridine rings is 1. The molecule has 30 heavy (non-hydrogen) atoms. The van der Waals surface area contributed by atoms with Crippen LogP contribution in [0.2, 0.25) is 10.2 Å². The van der Waals surface area contributed by atoms with Crippen molar-refractivity contribution in [2.45, 2.75) is 6.17 Å². The van der Waals surface area contributed by atoms with Crippen molar-refractivity contribution in [3.63, 3.8) is 0 Å². The Balaban J connectivity index is 1.62. The van der Waals surface area contributed by atoms with Crippen LogP contribution in [0.5, 0.6) is 0 Å². The van der Waals surface area contributed by atoms with E-state index in [1.165, 1.54) is 5.01 Å². The molecule has 0 fully saturated rings. The molecule has 1 aliphatic rings. The monoisotopic (exact) mass is 434 g/mol. The molecule has 4 aromatic rings. The van der Waals surface area contributed by atoms with E-state index in [1.807, 2.05) is 60.7 Å². The lowest BCUT2D eigenvalue weighted by molar-refractivity contribution is 0.0733. The summed E-state index contributed by atoms with van der Waals surface area (Å²) < 4.78 is 0. The topological polar surface area (TPSA) is 57.3 Å². The Morgan fingerprint density at radius 2 is 1.67 bits per heavy atom. The third-order valence-corrected chi connectivity index (χ3v) is 5.57. The highest BCUT2D eigenvalue weighted by Crippen LogP contribution is 2.36. The van der Waals surface area contributed by atoms with Crippen molar-refractivity contribution in [1.82, 2.24) is 9.99 Å². The number of hydrogen-bond donors (Lipinski definition) is 2. The molecular weight excluding hydrogens is 419 g/mol. The molecule has 1 aromatic heterocycles. The molecule has 0 bridgehead atoms. The van der Waals surface area contributed by atoms with Crippen LogP contribution in [0.25, 0.3) is 10.9 Å². The van der Waals surface area contributed by atoms with Crippen molar-refractivity contribution in [2.75, 3.05) is 10.7 Å². The molecule has 0 spiro atoms. The lowest BCUT2D eigenvalue weighted by Gasteiger charge is -2.38. The highest BCUT2D eigenvalue weighted by Gasteiger charge is 2.35. The lowest BCUT2D eigenvalue weighted by Crippen LogP contribution is -2.46. The van der Waals surface area contributed by atoms with Gasteiger partial charge in [0.05, 0.1) is 16.8 Å². The molecule has 7 heteroatoms. The Kier molecular flexibility index (Phi) is 4.69. The van der Waals surface area contributed by atoms with Gasteiger partial charge in [0.25, 0.3) is 5.91 Å². The van der Waals surface area contributed by atoms with Gasteiger partial charge in [-0.05, 0) is 48.5 Å². The van der Waals surface area contributed by atoms with E-state index in [1.54, 1.807) is 18.2 Å². The quantitative estimate of drug-likeness (QED) is 0.380. The predicted molar refractivity (Wildman–Crippen MR) is 121 cm³/mol. The van der Waals surface area contributed by atoms with E-state index in [9.17, 15) is 4.79 Å². The molecule has 0 radical (unpaired) electrons. The number of nitrogens with zero attached hydrogens (tertiary/aromatic N) is 2. The number of fused-ring (bicyclic) bond motifs is 2. The van der Waals surface area contributed by atoms with Crippen molar-refractivity contribution >= 4 is 51.4 Å². The molecule has 0 aliphatic carbocycles. The van der Waals surface area contributed by atoms with Gasteiger partial charge in [0.15, 0.2) is 6.17 Å². The number of rotatable bonds is 3. The third-order valence-electron chi connectivity index (χ3n) is 5.02. The zero-order valence-corrected chi connectivity index (χ0v) is 17.2. The van der Waals surface area contributed by atoms with Crippen molar-refractivity contribution < 1.29 is 4.79 Å². The zero-order valence-electron chi connectivity index (χ0n) is 15.6. The first-order valence-electron chi connectivity index (χ1n) is 9.37. The summed E-state index contributed by atoms with van der Waals surface area (Å²) in [6.07, 6.45) is -0.562. The molecule has 2 heterocycles. The molecule has 1 unspecified atom stereocenters. The number of anilines is 2. The van der Waals surface area contributed by atoms with E-state index < -0.39 is 6.17 Å². The largest absolute Gasteiger partial charge is 0.359 e. The highest BCUT2D eigenvalue weighted by atomic mass is 35.5. The Morgan fingerprint density at radius 3 is 2.50 bits per heavy atom. The Morgan fingerprint density at radius 1 is 0.933 bits per heavy atom. The van der Waals surface area contributed by atoms with Gasteiger partial charge in [0, 0.05) is 21.7 Å². The Bertz CT molecular complexity index is 1260. The second-order valence-corrected chi connectivity index (χ2v) is 7.74. The first kappa shape index (κ1) is 18.7. The summed E-state index contributed by atoms with van der Waals surface area (Å²) in [5.74, 6) is -0.173. The van der Waals surface area contributed by atoms with E-state index in [0.717, 1.165) is 22.3 Å². The summed E-state index contributed by atoms with van der Waals surface area (Å²) in [4.78, 5) is 17.9. The third kappa shape index (κ3) is 3.32. The SMILES string of the molecule is O=C1c2ccccc2NC(c2cc3ccccc3nc2Cl)N1Nc1ccc(Cl)cc1. The number of carbonyl (C=O) groups is 1. The minimum Gasteiger partial charge on any atom is -0.359 e. The van der Waals surface area contributed by atoms with E-state index >= 15 is 0 Å². The number of nitrogens with one attached hydrogen (secondary N) is 2. The molecular formula is C23H16Cl2N4O. The van der Waals surface area contributed by atoms with Crippen LogP contribution in [0, 0.1) is 0 Å². The highest BCUT2D eigenvalue weighted by molar-refractivity contribution is 6.31. The van der Waals surface area contributed by atoms with Crippen molar-refractivity contribution in [1.29, 1.82) is 0 Å². The molecule has 3 aromatic carbocycles. The Labute approximate surface area is 183 Å². The van der Waals surface area contributed by atoms with Gasteiger partial charge < -0.3 is 5.32 Å². The Hall–Kier alpha value is -3.28. The minimum absolute atomic E-state index is 0.173. The fraction of sp³-hybridized carbons (Fsp3) is 0.0435.